The van der Waals surface area contributed by atoms with Crippen LogP contribution in [0, 0.1) is 20.8 Å². The Hall–Kier alpha value is -15.4. The Bertz CT molecular complexity index is 7270. The molecular weight excluding hydrogens is 1810 g/mol. The van der Waals surface area contributed by atoms with Gasteiger partial charge in [0, 0.05) is 51.2 Å². The van der Waals surface area contributed by atoms with Crippen molar-refractivity contribution in [2.45, 2.75) is 213 Å². The first-order chi connectivity index (χ1) is 74.0. The van der Waals surface area contributed by atoms with Crippen LogP contribution in [0.25, 0.3) is 116 Å². The minimum absolute atomic E-state index is 1.05. The molecule has 0 unspecified atom stereocenters. The first kappa shape index (κ1) is 97.9. The van der Waals surface area contributed by atoms with E-state index in [9.17, 15) is 0 Å². The molecule has 0 N–H and O–H groups in total. The van der Waals surface area contributed by atoms with Crippen LogP contribution in [0.4, 0.5) is 51.2 Å². The summed E-state index contributed by atoms with van der Waals surface area (Å²) in [5.74, 6) is 0. The zero-order valence-corrected chi connectivity index (χ0v) is 88.0. The maximum absolute atomic E-state index is 2.50. The lowest BCUT2D eigenvalue weighted by molar-refractivity contribution is 0.602. The fourth-order valence-corrected chi connectivity index (χ4v) is 24.3. The van der Waals surface area contributed by atoms with Crippen molar-refractivity contribution in [1.29, 1.82) is 0 Å². The molecule has 0 bridgehead atoms. The van der Waals surface area contributed by atoms with Crippen molar-refractivity contribution in [3.05, 3.63) is 504 Å². The van der Waals surface area contributed by atoms with Crippen LogP contribution in [0.2, 0.25) is 0 Å². The van der Waals surface area contributed by atoms with Crippen molar-refractivity contribution in [2.24, 2.45) is 0 Å². The molecule has 0 radical (unpaired) electrons. The van der Waals surface area contributed by atoms with Gasteiger partial charge in [-0.15, -0.1) is 0 Å². The number of allylic oxidation sites excluding steroid dienone is 6. The van der Waals surface area contributed by atoms with Gasteiger partial charge in [-0.25, -0.2) is 0 Å². The van der Waals surface area contributed by atoms with E-state index < -0.39 is 0 Å². The molecule has 3 nitrogen and oxygen atoms in total. The van der Waals surface area contributed by atoms with E-state index in [0.717, 1.165) is 107 Å². The fraction of sp³-hybridized carbons (Fsp3) is 0.224. The summed E-state index contributed by atoms with van der Waals surface area (Å²) in [7, 11) is 0. The van der Waals surface area contributed by atoms with E-state index in [1.807, 2.05) is 0 Å². The average Bonchev–Trinajstić information content (AvgIpc) is 0.728. The van der Waals surface area contributed by atoms with Crippen LogP contribution in [0.15, 0.2) is 403 Å². The molecule has 0 saturated heterocycles. The maximum Gasteiger partial charge on any atom is 0.0468 e. The van der Waals surface area contributed by atoms with Crippen LogP contribution in [0.3, 0.4) is 0 Å². The van der Waals surface area contributed by atoms with Crippen molar-refractivity contribution in [2.75, 3.05) is 14.7 Å². The lowest BCUT2D eigenvalue weighted by Gasteiger charge is -2.31. The molecule has 7 aliphatic carbocycles. The number of hydrogen-bond acceptors (Lipinski definition) is 3. The van der Waals surface area contributed by atoms with Crippen LogP contribution >= 0.6 is 0 Å². The third kappa shape index (κ3) is 23.2. The van der Waals surface area contributed by atoms with Gasteiger partial charge in [0.05, 0.1) is 0 Å². The van der Waals surface area contributed by atoms with Crippen LogP contribution in [-0.2, 0) is 0 Å². The van der Waals surface area contributed by atoms with Crippen LogP contribution < -0.4 is 14.7 Å². The van der Waals surface area contributed by atoms with Gasteiger partial charge in [-0.2, -0.15) is 0 Å². The lowest BCUT2D eigenvalue weighted by Crippen LogP contribution is -2.12. The Kier molecular flexibility index (Phi) is 30.1. The molecule has 16 aromatic carbocycles. The molecule has 0 spiro atoms. The second-order valence-corrected chi connectivity index (χ2v) is 43.6. The second kappa shape index (κ2) is 46.1. The van der Waals surface area contributed by atoms with E-state index in [2.05, 4.69) is 460 Å². The van der Waals surface area contributed by atoms with Crippen molar-refractivity contribution in [3.63, 3.8) is 0 Å². The van der Waals surface area contributed by atoms with Gasteiger partial charge in [0.2, 0.25) is 0 Å². The molecule has 0 atom stereocenters. The second-order valence-electron chi connectivity index (χ2n) is 43.6. The topological polar surface area (TPSA) is 9.72 Å². The minimum Gasteiger partial charge on any atom is -0.310 e. The highest BCUT2D eigenvalue weighted by Crippen LogP contribution is 2.54. The third-order valence-corrected chi connectivity index (χ3v) is 32.7. The molecular formula is C147H139N3. The predicted octanol–water partition coefficient (Wildman–Crippen LogP) is 42.9. The van der Waals surface area contributed by atoms with Crippen molar-refractivity contribution in [3.8, 4) is 44.5 Å². The summed E-state index contributed by atoms with van der Waals surface area (Å²) in [5, 5.41) is 0. The molecule has 0 amide bonds. The van der Waals surface area contributed by atoms with Crippen molar-refractivity contribution >= 4 is 123 Å². The molecule has 6 fully saturated rings. The molecule has 0 heterocycles. The monoisotopic (exact) mass is 1950 g/mol. The highest BCUT2D eigenvalue weighted by atomic mass is 15.2. The summed E-state index contributed by atoms with van der Waals surface area (Å²) >= 11 is 0. The van der Waals surface area contributed by atoms with Gasteiger partial charge < -0.3 is 14.7 Å². The van der Waals surface area contributed by atoms with Crippen molar-refractivity contribution < 1.29 is 0 Å². The zero-order chi connectivity index (χ0) is 101. The van der Waals surface area contributed by atoms with Gasteiger partial charge in [0.15, 0.2) is 0 Å². The lowest BCUT2D eigenvalue weighted by atomic mass is 9.80. The normalized spacial score (nSPS) is 15.0. The Labute approximate surface area is 892 Å². The summed E-state index contributed by atoms with van der Waals surface area (Å²) < 4.78 is 0. The smallest absolute Gasteiger partial charge is 0.0468 e. The van der Waals surface area contributed by atoms with Gasteiger partial charge in [-0.1, -0.05) is 386 Å². The molecule has 23 rings (SSSR count). The third-order valence-electron chi connectivity index (χ3n) is 32.7. The molecule has 150 heavy (non-hydrogen) atoms. The number of anilines is 9. The molecule has 6 saturated carbocycles. The van der Waals surface area contributed by atoms with E-state index >= 15 is 0 Å². The summed E-state index contributed by atoms with van der Waals surface area (Å²) in [6.07, 6.45) is 59.8. The van der Waals surface area contributed by atoms with Gasteiger partial charge in [0.1, 0.15) is 0 Å². The van der Waals surface area contributed by atoms with Gasteiger partial charge in [-0.05, 0) is 447 Å². The summed E-state index contributed by atoms with van der Waals surface area (Å²) in [6.45, 7) is 6.58. The van der Waals surface area contributed by atoms with E-state index in [1.165, 1.54) is 298 Å². The summed E-state index contributed by atoms with van der Waals surface area (Å²) in [5.41, 5.74) is 53.8. The molecule has 742 valence electrons. The molecule has 7 aliphatic rings. The van der Waals surface area contributed by atoms with Gasteiger partial charge in [-0.3, -0.25) is 0 Å². The van der Waals surface area contributed by atoms with Crippen molar-refractivity contribution in [1.82, 2.24) is 0 Å². The number of nitrogens with zero attached hydrogens (tertiary/aromatic N) is 3. The molecule has 0 aliphatic heterocycles. The first-order valence-electron chi connectivity index (χ1n) is 56.3. The van der Waals surface area contributed by atoms with E-state index in [-0.39, 0.29) is 0 Å². The Morgan fingerprint density at radius 1 is 0.153 bits per heavy atom. The largest absolute Gasteiger partial charge is 0.310 e. The fourth-order valence-electron chi connectivity index (χ4n) is 24.3. The summed E-state index contributed by atoms with van der Waals surface area (Å²) in [6, 6.07) is 143. The molecule has 0 aromatic heterocycles. The predicted molar refractivity (Wildman–Crippen MR) is 646 cm³/mol. The van der Waals surface area contributed by atoms with E-state index in [1.54, 1.807) is 33.4 Å². The Balaban J connectivity index is 0.657. The minimum atomic E-state index is 1.05. The Morgan fingerprint density at radius 2 is 0.313 bits per heavy atom. The van der Waals surface area contributed by atoms with Crippen LogP contribution in [0.5, 0.6) is 0 Å². The molecule has 16 aromatic rings. The summed E-state index contributed by atoms with van der Waals surface area (Å²) in [4.78, 5) is 7.42. The highest BCUT2D eigenvalue weighted by Gasteiger charge is 2.29. The average molecular weight is 1950 g/mol. The van der Waals surface area contributed by atoms with Crippen LogP contribution in [0.1, 0.15) is 293 Å². The number of aryl methyl sites for hydroxylation is 3. The quantitative estimate of drug-likeness (QED) is 0.0558. The van der Waals surface area contributed by atoms with E-state index in [0.29, 0.717) is 0 Å². The van der Waals surface area contributed by atoms with E-state index in [4.69, 9.17) is 0 Å². The van der Waals surface area contributed by atoms with Gasteiger partial charge >= 0.3 is 0 Å². The number of hydrogen-bond donors (Lipinski definition) is 0. The zero-order valence-electron chi connectivity index (χ0n) is 88.0. The van der Waals surface area contributed by atoms with Crippen LogP contribution in [-0.4, -0.2) is 0 Å². The number of fused-ring (bicyclic) bond motifs is 8. The number of rotatable bonds is 24. The van der Waals surface area contributed by atoms with Gasteiger partial charge in [0.25, 0.3) is 0 Å². The maximum atomic E-state index is 2.50. The highest BCUT2D eigenvalue weighted by molar-refractivity contribution is 6.07. The SMILES string of the molecule is Cc1ccc(N(c2ccc(C=C(c3ccc(C=C4CCCCC4)cc3)c3ccc(C=C4CCCCC4)cc3)cc2)c2ccc3c(c2)-c2ccc(N(c4ccc(C)cc4)c4ccc(C=C(c5ccc(C=C6CCCCC6)cc5)c5ccc(C=C6CCCCC6)cc5)cc4)cc2-c2ccc(N(c4ccc(C)cc4)c4ccc(C=C(c5ccc(C=C6CCCCC6)cc5)c5ccc(C=C6CCCCC6)cc5)cc4)cc2-c2ccccc2-3)cc1. The number of benzene rings is 16. The first-order valence-corrected chi connectivity index (χ1v) is 56.3. The molecule has 3 heteroatoms. The standard InChI is InChI=1S/C147H139N3/c1-104-38-74-128(75-39-104)148(131-80-56-119(57-81-131)98-142(122-62-44-113(45-63-122)92-107-24-10-4-11-25-107)123-64-46-114(47-65-123)93-108-26-12-5-13-27-108)134-86-89-139-137-36-22-23-37-138(137)145-101-135(149(129-76-40-105(2)41-77-129)132-82-58-120(59-83-132)99-143(124-66-48-115(49-67-124)94-109-28-14-6-15-29-109)125-68-50-116(51-69-125)95-110-30-16-7-17-31-110)87-90-140(145)147-103-136(88-91-141(147)146(139)102-134)150(130-78-42-106(3)43-79-130)133-84-60-121(61-85-133)100-144(126-70-52-117(53-71-126)96-111-32-18-8-19-33-111)127-72-54-118(55-73-127)97-112-34-20-9-21-35-112/h22-23,36-103H,4-21,24-35H2,1-3H3. The Morgan fingerprint density at radius 3 is 0.513 bits per heavy atom.